The summed E-state index contributed by atoms with van der Waals surface area (Å²) < 4.78 is 0. The van der Waals surface area contributed by atoms with E-state index >= 15 is 0 Å². The van der Waals surface area contributed by atoms with Gasteiger partial charge >= 0.3 is 0 Å². The van der Waals surface area contributed by atoms with Crippen molar-refractivity contribution in [3.05, 3.63) is 30.1 Å². The van der Waals surface area contributed by atoms with Gasteiger partial charge in [-0.1, -0.05) is 13.0 Å². The van der Waals surface area contributed by atoms with Crippen molar-refractivity contribution in [3.63, 3.8) is 0 Å². The lowest BCUT2D eigenvalue weighted by atomic mass is 10.0. The highest BCUT2D eigenvalue weighted by molar-refractivity contribution is 5.79. The van der Waals surface area contributed by atoms with Gasteiger partial charge in [0.05, 0.1) is 6.42 Å². The molecule has 4 heteroatoms. The van der Waals surface area contributed by atoms with E-state index < -0.39 is 0 Å². The molecule has 4 nitrogen and oxygen atoms in total. The summed E-state index contributed by atoms with van der Waals surface area (Å²) in [7, 11) is 0. The Bertz CT molecular complexity index is 388. The third-order valence-electron chi connectivity index (χ3n) is 3.57. The number of hydrogen-bond acceptors (Lipinski definition) is 3. The number of carbonyl (C=O) groups is 1. The molecule has 1 fully saturated rings. The summed E-state index contributed by atoms with van der Waals surface area (Å²) in [5.41, 5.74) is 0.998. The molecule has 2 rings (SSSR count). The second kappa shape index (κ2) is 7.24. The second-order valence-electron chi connectivity index (χ2n) is 5.13. The van der Waals surface area contributed by atoms with Gasteiger partial charge in [0.1, 0.15) is 0 Å². The van der Waals surface area contributed by atoms with Gasteiger partial charge in [-0.3, -0.25) is 9.78 Å². The highest BCUT2D eigenvalue weighted by Crippen LogP contribution is 2.13. The fourth-order valence-electron chi connectivity index (χ4n) is 2.63. The molecule has 19 heavy (non-hydrogen) atoms. The van der Waals surface area contributed by atoms with Crippen LogP contribution in [0.2, 0.25) is 0 Å². The Labute approximate surface area is 115 Å². The Morgan fingerprint density at radius 3 is 3.11 bits per heavy atom. The third kappa shape index (κ3) is 4.03. The van der Waals surface area contributed by atoms with Crippen LogP contribution in [-0.4, -0.2) is 41.5 Å². The molecule has 0 saturated carbocycles. The Kier molecular flexibility index (Phi) is 5.33. The maximum atomic E-state index is 12.5. The molecule has 0 bridgehead atoms. The quantitative estimate of drug-likeness (QED) is 0.876. The Morgan fingerprint density at radius 2 is 2.47 bits per heavy atom. The van der Waals surface area contributed by atoms with Gasteiger partial charge in [0.25, 0.3) is 0 Å². The molecule has 0 radical (unpaired) electrons. The molecule has 1 aliphatic heterocycles. The molecule has 1 unspecified atom stereocenters. The zero-order chi connectivity index (χ0) is 13.5. The van der Waals surface area contributed by atoms with Crippen LogP contribution in [0.1, 0.15) is 31.7 Å². The smallest absolute Gasteiger partial charge is 0.227 e. The molecule has 104 valence electrons. The first-order chi connectivity index (χ1) is 9.31. The molecule has 1 saturated heterocycles. The summed E-state index contributed by atoms with van der Waals surface area (Å²) in [4.78, 5) is 18.6. The van der Waals surface area contributed by atoms with E-state index in [1.807, 2.05) is 12.1 Å². The van der Waals surface area contributed by atoms with Crippen molar-refractivity contribution in [2.45, 2.75) is 38.6 Å². The molecular weight excluding hydrogens is 238 g/mol. The number of piperidine rings is 1. The Morgan fingerprint density at radius 1 is 1.58 bits per heavy atom. The third-order valence-corrected chi connectivity index (χ3v) is 3.57. The van der Waals surface area contributed by atoms with Gasteiger partial charge in [0.15, 0.2) is 0 Å². The molecule has 1 aromatic rings. The predicted molar refractivity (Wildman–Crippen MR) is 75.8 cm³/mol. The summed E-state index contributed by atoms with van der Waals surface area (Å²) in [5, 5.41) is 3.39. The number of amides is 1. The standard InChI is InChI=1S/C15H23N3O/c1-2-9-18(14-6-4-8-17-12-14)15(19)10-13-5-3-7-16-11-13/h3,5,7,11,14,17H,2,4,6,8-10,12H2,1H3. The molecule has 1 aromatic heterocycles. The van der Waals surface area contributed by atoms with Crippen molar-refractivity contribution in [2.24, 2.45) is 0 Å². The number of carbonyl (C=O) groups excluding carboxylic acids is 1. The average Bonchev–Trinajstić information content (AvgIpc) is 2.46. The van der Waals surface area contributed by atoms with Gasteiger partial charge in [0.2, 0.25) is 5.91 Å². The number of aromatic nitrogens is 1. The van der Waals surface area contributed by atoms with Crippen LogP contribution in [0.3, 0.4) is 0 Å². The summed E-state index contributed by atoms with van der Waals surface area (Å²) in [6.45, 7) is 4.98. The van der Waals surface area contributed by atoms with Gasteiger partial charge < -0.3 is 10.2 Å². The van der Waals surface area contributed by atoms with Gasteiger partial charge in [0, 0.05) is 31.5 Å². The first-order valence-electron chi connectivity index (χ1n) is 7.20. The maximum Gasteiger partial charge on any atom is 0.227 e. The average molecular weight is 261 g/mol. The Hall–Kier alpha value is -1.42. The molecule has 1 amide bonds. The van der Waals surface area contributed by atoms with E-state index in [1.54, 1.807) is 12.4 Å². The maximum absolute atomic E-state index is 12.5. The van der Waals surface area contributed by atoms with Crippen LogP contribution in [0.5, 0.6) is 0 Å². The van der Waals surface area contributed by atoms with Gasteiger partial charge in [-0.05, 0) is 37.4 Å². The van der Waals surface area contributed by atoms with Crippen LogP contribution in [0.15, 0.2) is 24.5 Å². The minimum Gasteiger partial charge on any atom is -0.338 e. The first-order valence-corrected chi connectivity index (χ1v) is 7.20. The van der Waals surface area contributed by atoms with Crippen molar-refractivity contribution < 1.29 is 4.79 Å². The first kappa shape index (κ1) is 14.0. The van der Waals surface area contributed by atoms with Gasteiger partial charge in [-0.15, -0.1) is 0 Å². The Balaban J connectivity index is 1.99. The second-order valence-corrected chi connectivity index (χ2v) is 5.13. The van der Waals surface area contributed by atoms with Crippen LogP contribution in [0.4, 0.5) is 0 Å². The molecule has 1 aliphatic rings. The van der Waals surface area contributed by atoms with E-state index in [9.17, 15) is 4.79 Å². The van der Waals surface area contributed by atoms with Crippen molar-refractivity contribution in [1.82, 2.24) is 15.2 Å². The van der Waals surface area contributed by atoms with Crippen LogP contribution in [-0.2, 0) is 11.2 Å². The summed E-state index contributed by atoms with van der Waals surface area (Å²) in [6, 6.07) is 4.21. The van der Waals surface area contributed by atoms with Crippen molar-refractivity contribution in [1.29, 1.82) is 0 Å². The summed E-state index contributed by atoms with van der Waals surface area (Å²) >= 11 is 0. The van der Waals surface area contributed by atoms with E-state index in [1.165, 1.54) is 0 Å². The lowest BCUT2D eigenvalue weighted by Gasteiger charge is -2.34. The number of hydrogen-bond donors (Lipinski definition) is 1. The van der Waals surface area contributed by atoms with Crippen LogP contribution >= 0.6 is 0 Å². The zero-order valence-electron chi connectivity index (χ0n) is 11.6. The number of nitrogens with one attached hydrogen (secondary N) is 1. The fraction of sp³-hybridized carbons (Fsp3) is 0.600. The van der Waals surface area contributed by atoms with Crippen molar-refractivity contribution in [3.8, 4) is 0 Å². The molecule has 0 aliphatic carbocycles. The fourth-order valence-corrected chi connectivity index (χ4v) is 2.63. The number of pyridine rings is 1. The minimum absolute atomic E-state index is 0.226. The van der Waals surface area contributed by atoms with Crippen molar-refractivity contribution in [2.75, 3.05) is 19.6 Å². The monoisotopic (exact) mass is 261 g/mol. The number of rotatable bonds is 5. The van der Waals surface area contributed by atoms with E-state index in [4.69, 9.17) is 0 Å². The van der Waals surface area contributed by atoms with E-state index in [0.717, 1.165) is 44.5 Å². The number of nitrogens with zero attached hydrogens (tertiary/aromatic N) is 2. The molecule has 2 heterocycles. The van der Waals surface area contributed by atoms with E-state index in [-0.39, 0.29) is 5.91 Å². The topological polar surface area (TPSA) is 45.2 Å². The normalized spacial score (nSPS) is 19.1. The van der Waals surface area contributed by atoms with E-state index in [2.05, 4.69) is 22.1 Å². The highest BCUT2D eigenvalue weighted by Gasteiger charge is 2.24. The lowest BCUT2D eigenvalue weighted by Crippen LogP contribution is -2.49. The van der Waals surface area contributed by atoms with Crippen molar-refractivity contribution >= 4 is 5.91 Å². The molecule has 1 N–H and O–H groups in total. The minimum atomic E-state index is 0.226. The van der Waals surface area contributed by atoms with Gasteiger partial charge in [-0.2, -0.15) is 0 Å². The zero-order valence-corrected chi connectivity index (χ0v) is 11.6. The van der Waals surface area contributed by atoms with E-state index in [0.29, 0.717) is 12.5 Å². The highest BCUT2D eigenvalue weighted by atomic mass is 16.2. The summed E-state index contributed by atoms with van der Waals surface area (Å²) in [5.74, 6) is 0.226. The molecule has 1 atom stereocenters. The molecular formula is C15H23N3O. The lowest BCUT2D eigenvalue weighted by molar-refractivity contribution is -0.133. The summed E-state index contributed by atoms with van der Waals surface area (Å²) in [6.07, 6.45) is 7.26. The SMILES string of the molecule is CCCN(C(=O)Cc1cccnc1)C1CCCNC1. The van der Waals surface area contributed by atoms with Crippen LogP contribution in [0.25, 0.3) is 0 Å². The van der Waals surface area contributed by atoms with Gasteiger partial charge in [-0.25, -0.2) is 0 Å². The predicted octanol–water partition coefficient (Wildman–Crippen LogP) is 1.61. The van der Waals surface area contributed by atoms with Crippen LogP contribution < -0.4 is 5.32 Å². The molecule has 0 spiro atoms. The van der Waals surface area contributed by atoms with Crippen LogP contribution in [0, 0.1) is 0 Å². The largest absolute Gasteiger partial charge is 0.338 e. The molecule has 0 aromatic carbocycles.